The number of para-hydroxylation sites is 1. The van der Waals surface area contributed by atoms with Crippen LogP contribution < -0.4 is 16.4 Å². The fraction of sp³-hybridized carbons (Fsp3) is 0.429. The monoisotopic (exact) mass is 299 g/mol. The maximum Gasteiger partial charge on any atom is 0.240 e. The van der Waals surface area contributed by atoms with Gasteiger partial charge in [0.25, 0.3) is 0 Å². The van der Waals surface area contributed by atoms with E-state index >= 15 is 0 Å². The lowest BCUT2D eigenvalue weighted by atomic mass is 9.86. The van der Waals surface area contributed by atoms with Crippen molar-refractivity contribution < 1.29 is 9.59 Å². The molecule has 0 fully saturated rings. The number of primary amides is 1. The van der Waals surface area contributed by atoms with Crippen molar-refractivity contribution in [1.29, 1.82) is 0 Å². The standard InChI is InChI=1S/C14H21N3O2.ClH/c1-14(2,3)12(13(15)19)17-11(18)9-16-10-7-5-4-6-8-10;/h4-8,12,16H,9H2,1-3H3,(H2,15,19)(H,17,18);1H. The first-order chi connectivity index (χ1) is 8.80. The highest BCUT2D eigenvalue weighted by molar-refractivity contribution is 5.88. The second-order valence-corrected chi connectivity index (χ2v) is 5.49. The van der Waals surface area contributed by atoms with Crippen LogP contribution in [0.1, 0.15) is 20.8 Å². The van der Waals surface area contributed by atoms with Crippen molar-refractivity contribution in [1.82, 2.24) is 5.32 Å². The maximum atomic E-state index is 11.8. The summed E-state index contributed by atoms with van der Waals surface area (Å²) in [6, 6.07) is 8.69. The molecule has 0 bridgehead atoms. The van der Waals surface area contributed by atoms with Crippen molar-refractivity contribution in [2.24, 2.45) is 11.1 Å². The quantitative estimate of drug-likeness (QED) is 0.771. The van der Waals surface area contributed by atoms with Gasteiger partial charge in [-0.05, 0) is 17.5 Å². The summed E-state index contributed by atoms with van der Waals surface area (Å²) in [4.78, 5) is 23.1. The van der Waals surface area contributed by atoms with Crippen LogP contribution in [0.15, 0.2) is 30.3 Å². The van der Waals surface area contributed by atoms with Gasteiger partial charge in [0.2, 0.25) is 11.8 Å². The third-order valence-corrected chi connectivity index (χ3v) is 2.68. The number of halogens is 1. The molecule has 1 atom stereocenters. The van der Waals surface area contributed by atoms with E-state index in [0.717, 1.165) is 5.69 Å². The molecule has 5 nitrogen and oxygen atoms in total. The van der Waals surface area contributed by atoms with Crippen LogP contribution in [-0.2, 0) is 9.59 Å². The molecule has 2 amide bonds. The van der Waals surface area contributed by atoms with Crippen molar-refractivity contribution in [3.8, 4) is 0 Å². The number of carbonyl (C=O) groups is 2. The molecule has 112 valence electrons. The lowest BCUT2D eigenvalue weighted by Gasteiger charge is -2.28. The highest BCUT2D eigenvalue weighted by atomic mass is 35.5. The topological polar surface area (TPSA) is 84.2 Å². The van der Waals surface area contributed by atoms with Crippen molar-refractivity contribution in [3.63, 3.8) is 0 Å². The van der Waals surface area contributed by atoms with Crippen molar-refractivity contribution >= 4 is 29.9 Å². The molecule has 0 heterocycles. The minimum Gasteiger partial charge on any atom is -0.376 e. The maximum absolute atomic E-state index is 11.8. The number of amides is 2. The summed E-state index contributed by atoms with van der Waals surface area (Å²) in [5.74, 6) is -0.789. The highest BCUT2D eigenvalue weighted by Gasteiger charge is 2.30. The molecule has 1 rings (SSSR count). The average molecular weight is 300 g/mol. The number of rotatable bonds is 5. The highest BCUT2D eigenvalue weighted by Crippen LogP contribution is 2.18. The van der Waals surface area contributed by atoms with Crippen molar-refractivity contribution in [2.75, 3.05) is 11.9 Å². The zero-order valence-corrected chi connectivity index (χ0v) is 12.8. The number of anilines is 1. The van der Waals surface area contributed by atoms with Gasteiger partial charge >= 0.3 is 0 Å². The SMILES string of the molecule is CC(C)(C)C(NC(=O)CNc1ccccc1)C(N)=O.Cl. The van der Waals surface area contributed by atoms with E-state index in [0.29, 0.717) is 0 Å². The van der Waals surface area contributed by atoms with Crippen molar-refractivity contribution in [3.05, 3.63) is 30.3 Å². The largest absolute Gasteiger partial charge is 0.376 e. The smallest absolute Gasteiger partial charge is 0.240 e. The van der Waals surface area contributed by atoms with E-state index in [2.05, 4.69) is 10.6 Å². The van der Waals surface area contributed by atoms with Crippen LogP contribution in [-0.4, -0.2) is 24.4 Å². The van der Waals surface area contributed by atoms with E-state index in [1.54, 1.807) is 0 Å². The predicted molar refractivity (Wildman–Crippen MR) is 82.8 cm³/mol. The van der Waals surface area contributed by atoms with Gasteiger partial charge in [0.1, 0.15) is 6.04 Å². The second-order valence-electron chi connectivity index (χ2n) is 5.49. The minimum atomic E-state index is -0.683. The van der Waals surface area contributed by atoms with E-state index in [1.165, 1.54) is 0 Å². The van der Waals surface area contributed by atoms with Crippen LogP contribution in [0.4, 0.5) is 5.69 Å². The molecule has 0 aromatic heterocycles. The minimum absolute atomic E-state index is 0. The van der Waals surface area contributed by atoms with E-state index in [-0.39, 0.29) is 24.9 Å². The molecule has 0 aliphatic rings. The summed E-state index contributed by atoms with van der Waals surface area (Å²) >= 11 is 0. The average Bonchev–Trinajstić information content (AvgIpc) is 2.33. The Kier molecular flexibility index (Phi) is 7.07. The Morgan fingerprint density at radius 2 is 1.75 bits per heavy atom. The molecule has 1 unspecified atom stereocenters. The van der Waals surface area contributed by atoms with Gasteiger partial charge < -0.3 is 16.4 Å². The predicted octanol–water partition coefficient (Wildman–Crippen LogP) is 1.54. The summed E-state index contributed by atoms with van der Waals surface area (Å²) in [7, 11) is 0. The Labute approximate surface area is 125 Å². The molecule has 0 saturated carbocycles. The van der Waals surface area contributed by atoms with Gasteiger partial charge in [-0.2, -0.15) is 0 Å². The zero-order chi connectivity index (χ0) is 14.5. The summed E-state index contributed by atoms with van der Waals surface area (Å²) in [5, 5.41) is 5.63. The van der Waals surface area contributed by atoms with E-state index in [1.807, 2.05) is 51.1 Å². The third kappa shape index (κ3) is 5.93. The molecule has 6 heteroatoms. The number of nitrogens with one attached hydrogen (secondary N) is 2. The third-order valence-electron chi connectivity index (χ3n) is 2.68. The number of hydrogen-bond acceptors (Lipinski definition) is 3. The molecule has 0 saturated heterocycles. The summed E-state index contributed by atoms with van der Waals surface area (Å²) < 4.78 is 0. The zero-order valence-electron chi connectivity index (χ0n) is 12.0. The lowest BCUT2D eigenvalue weighted by molar-refractivity contribution is -0.128. The summed E-state index contributed by atoms with van der Waals surface area (Å²) in [6.07, 6.45) is 0. The Morgan fingerprint density at radius 3 is 2.20 bits per heavy atom. The Balaban J connectivity index is 0.00000361. The first kappa shape index (κ1) is 18.2. The molecule has 0 radical (unpaired) electrons. The van der Waals surface area contributed by atoms with Crippen LogP contribution in [0.3, 0.4) is 0 Å². The molecule has 4 N–H and O–H groups in total. The van der Waals surface area contributed by atoms with Crippen molar-refractivity contribution in [2.45, 2.75) is 26.8 Å². The van der Waals surface area contributed by atoms with Gasteiger partial charge in [0.05, 0.1) is 6.54 Å². The van der Waals surface area contributed by atoms with Gasteiger partial charge in [-0.3, -0.25) is 9.59 Å². The molecule has 1 aromatic rings. The van der Waals surface area contributed by atoms with Crippen LogP contribution in [0.5, 0.6) is 0 Å². The fourth-order valence-corrected chi connectivity index (χ4v) is 1.66. The number of carbonyl (C=O) groups excluding carboxylic acids is 2. The normalized spacial score (nSPS) is 11.9. The second kappa shape index (κ2) is 7.75. The molecule has 0 aliphatic heterocycles. The summed E-state index contributed by atoms with van der Waals surface area (Å²) in [6.45, 7) is 5.66. The Bertz CT molecular complexity index is 443. The molecule has 1 aromatic carbocycles. The molecule has 0 spiro atoms. The Hall–Kier alpha value is -1.75. The van der Waals surface area contributed by atoms with Gasteiger partial charge in [-0.25, -0.2) is 0 Å². The number of benzene rings is 1. The molecular weight excluding hydrogens is 278 g/mol. The number of hydrogen-bond donors (Lipinski definition) is 3. The molecule has 0 aliphatic carbocycles. The lowest BCUT2D eigenvalue weighted by Crippen LogP contribution is -2.53. The van der Waals surface area contributed by atoms with Gasteiger partial charge in [0, 0.05) is 5.69 Å². The van der Waals surface area contributed by atoms with Gasteiger partial charge in [-0.15, -0.1) is 12.4 Å². The molecular formula is C14H22ClN3O2. The van der Waals surface area contributed by atoms with Crippen LogP contribution in [0.25, 0.3) is 0 Å². The first-order valence-electron chi connectivity index (χ1n) is 6.18. The Morgan fingerprint density at radius 1 is 1.20 bits per heavy atom. The van der Waals surface area contributed by atoms with E-state index in [4.69, 9.17) is 5.73 Å². The van der Waals surface area contributed by atoms with E-state index < -0.39 is 17.4 Å². The first-order valence-corrected chi connectivity index (χ1v) is 6.18. The van der Waals surface area contributed by atoms with Crippen LogP contribution in [0.2, 0.25) is 0 Å². The van der Waals surface area contributed by atoms with Gasteiger partial charge in [-0.1, -0.05) is 39.0 Å². The summed E-state index contributed by atoms with van der Waals surface area (Å²) in [5.41, 5.74) is 5.75. The molecule has 20 heavy (non-hydrogen) atoms. The van der Waals surface area contributed by atoms with E-state index in [9.17, 15) is 9.59 Å². The number of nitrogens with two attached hydrogens (primary N) is 1. The van der Waals surface area contributed by atoms with Crippen LogP contribution >= 0.6 is 12.4 Å². The fourth-order valence-electron chi connectivity index (χ4n) is 1.66. The van der Waals surface area contributed by atoms with Gasteiger partial charge in [0.15, 0.2) is 0 Å². The van der Waals surface area contributed by atoms with Crippen LogP contribution in [0, 0.1) is 5.41 Å².